The van der Waals surface area contributed by atoms with Crippen LogP contribution in [0.3, 0.4) is 0 Å². The molecule has 0 aliphatic carbocycles. The Morgan fingerprint density at radius 2 is 2.00 bits per heavy atom. The van der Waals surface area contributed by atoms with Crippen LogP contribution in [0.1, 0.15) is 43.7 Å². The molecule has 3 heterocycles. The average molecular weight is 345 g/mol. The number of thiophene rings is 1. The first kappa shape index (κ1) is 16.4. The van der Waals surface area contributed by atoms with Gasteiger partial charge in [-0.25, -0.2) is 0 Å². The number of ether oxygens (including phenoxy) is 1. The first-order valence-corrected chi connectivity index (χ1v) is 10.2. The highest BCUT2D eigenvalue weighted by Crippen LogP contribution is 2.37. The van der Waals surface area contributed by atoms with E-state index in [4.69, 9.17) is 4.74 Å². The third-order valence-corrected chi connectivity index (χ3v) is 7.42. The summed E-state index contributed by atoms with van der Waals surface area (Å²) in [7, 11) is -3.44. The molecule has 0 N–H and O–H groups in total. The summed E-state index contributed by atoms with van der Waals surface area (Å²) in [5.41, 5.74) is 1.19. The van der Waals surface area contributed by atoms with Crippen LogP contribution in [-0.4, -0.2) is 48.9 Å². The van der Waals surface area contributed by atoms with E-state index in [0.717, 1.165) is 12.8 Å². The van der Waals surface area contributed by atoms with Crippen molar-refractivity contribution in [3.63, 3.8) is 0 Å². The molecule has 2 aliphatic rings. The Labute approximate surface area is 137 Å². The zero-order chi connectivity index (χ0) is 15.9. The lowest BCUT2D eigenvalue weighted by molar-refractivity contribution is -0.0458. The minimum Gasteiger partial charge on any atom is -0.373 e. The van der Waals surface area contributed by atoms with Crippen LogP contribution in [0.15, 0.2) is 11.4 Å². The summed E-state index contributed by atoms with van der Waals surface area (Å²) < 4.78 is 35.2. The van der Waals surface area contributed by atoms with E-state index in [2.05, 4.69) is 18.4 Å². The van der Waals surface area contributed by atoms with Crippen LogP contribution in [0.2, 0.25) is 0 Å². The molecule has 1 aromatic rings. The average Bonchev–Trinajstić information content (AvgIpc) is 2.93. The molecule has 0 bridgehead atoms. The van der Waals surface area contributed by atoms with Crippen LogP contribution in [0.5, 0.6) is 0 Å². The molecular weight excluding hydrogens is 320 g/mol. The van der Waals surface area contributed by atoms with Gasteiger partial charge in [0.15, 0.2) is 0 Å². The van der Waals surface area contributed by atoms with Gasteiger partial charge in [-0.3, -0.25) is 0 Å². The Hall–Kier alpha value is -0.470. The van der Waals surface area contributed by atoms with Crippen molar-refractivity contribution in [2.45, 2.75) is 51.9 Å². The minimum atomic E-state index is -3.44. The molecular formula is C15H24N2O3S2. The van der Waals surface area contributed by atoms with Crippen LogP contribution < -0.4 is 0 Å². The molecule has 0 spiro atoms. The lowest BCUT2D eigenvalue weighted by atomic mass is 10.0. The Balaban J connectivity index is 1.89. The smallest absolute Gasteiger partial charge is 0.282 e. The standard InChI is InChI=1S/C15H24N2O3S2/c1-4-14-13-6-8-21-15(13)5-7-17(14)22(18,19)16-9-11(2)20-12(3)10-16/h6,8,11-12,14H,4-5,7,9-10H2,1-3H3/t11-,12+,14-/m1/s1. The first-order valence-electron chi connectivity index (χ1n) is 7.92. The monoisotopic (exact) mass is 344 g/mol. The lowest BCUT2D eigenvalue weighted by Gasteiger charge is -2.41. The molecule has 0 aromatic carbocycles. The van der Waals surface area contributed by atoms with Crippen LogP contribution in [0.25, 0.3) is 0 Å². The summed E-state index contributed by atoms with van der Waals surface area (Å²) in [5, 5.41) is 2.07. The fraction of sp³-hybridized carbons (Fsp3) is 0.733. The maximum absolute atomic E-state index is 13.1. The minimum absolute atomic E-state index is 0.0338. The van der Waals surface area contributed by atoms with E-state index in [9.17, 15) is 8.42 Å². The highest BCUT2D eigenvalue weighted by molar-refractivity contribution is 7.86. The van der Waals surface area contributed by atoms with E-state index < -0.39 is 10.2 Å². The summed E-state index contributed by atoms with van der Waals surface area (Å²) >= 11 is 1.74. The normalized spacial score (nSPS) is 31.1. The topological polar surface area (TPSA) is 49.9 Å². The predicted octanol–water partition coefficient (Wildman–Crippen LogP) is 2.41. The Bertz CT molecular complexity index is 618. The second-order valence-corrected chi connectivity index (χ2v) is 9.05. The molecule has 22 heavy (non-hydrogen) atoms. The maximum Gasteiger partial charge on any atom is 0.282 e. The zero-order valence-electron chi connectivity index (χ0n) is 13.4. The summed E-state index contributed by atoms with van der Waals surface area (Å²) in [6.07, 6.45) is 1.51. The molecule has 1 saturated heterocycles. The summed E-state index contributed by atoms with van der Waals surface area (Å²) in [6.45, 7) is 7.39. The quantitative estimate of drug-likeness (QED) is 0.846. The Morgan fingerprint density at radius 1 is 1.32 bits per heavy atom. The van der Waals surface area contributed by atoms with Gasteiger partial charge in [-0.05, 0) is 43.7 Å². The molecule has 0 saturated carbocycles. The summed E-state index contributed by atoms with van der Waals surface area (Å²) in [5.74, 6) is 0. The van der Waals surface area contributed by atoms with Gasteiger partial charge in [-0.2, -0.15) is 17.0 Å². The molecule has 0 unspecified atom stereocenters. The van der Waals surface area contributed by atoms with Gasteiger partial charge in [0.25, 0.3) is 10.2 Å². The van der Waals surface area contributed by atoms with E-state index in [1.807, 2.05) is 13.8 Å². The second-order valence-electron chi connectivity index (χ2n) is 6.17. The molecule has 5 nitrogen and oxygen atoms in total. The second kappa shape index (κ2) is 6.20. The molecule has 7 heteroatoms. The predicted molar refractivity (Wildman–Crippen MR) is 88.3 cm³/mol. The molecule has 3 rings (SSSR count). The molecule has 3 atom stereocenters. The molecule has 0 radical (unpaired) electrons. The number of hydrogen-bond donors (Lipinski definition) is 0. The van der Waals surface area contributed by atoms with Gasteiger partial charge < -0.3 is 4.74 Å². The van der Waals surface area contributed by atoms with Gasteiger partial charge in [0, 0.05) is 24.5 Å². The number of nitrogens with zero attached hydrogens (tertiary/aromatic N) is 2. The third kappa shape index (κ3) is 2.85. The van der Waals surface area contributed by atoms with Crippen LogP contribution >= 0.6 is 11.3 Å². The van der Waals surface area contributed by atoms with Crippen molar-refractivity contribution in [3.8, 4) is 0 Å². The van der Waals surface area contributed by atoms with Crippen molar-refractivity contribution < 1.29 is 13.2 Å². The van der Waals surface area contributed by atoms with E-state index in [0.29, 0.717) is 19.6 Å². The fourth-order valence-corrected chi connectivity index (χ4v) is 6.47. The Kier molecular flexibility index (Phi) is 4.62. The van der Waals surface area contributed by atoms with Crippen molar-refractivity contribution in [3.05, 3.63) is 21.9 Å². The van der Waals surface area contributed by atoms with Crippen molar-refractivity contribution >= 4 is 21.5 Å². The molecule has 1 fully saturated rings. The SMILES string of the molecule is CC[C@@H]1c2ccsc2CCN1S(=O)(=O)N1C[C@@H](C)O[C@@H](C)C1. The van der Waals surface area contributed by atoms with Gasteiger partial charge in [-0.1, -0.05) is 6.92 Å². The lowest BCUT2D eigenvalue weighted by Crippen LogP contribution is -2.54. The highest BCUT2D eigenvalue weighted by atomic mass is 32.2. The van der Waals surface area contributed by atoms with E-state index in [1.165, 1.54) is 10.4 Å². The van der Waals surface area contributed by atoms with Crippen molar-refractivity contribution in [1.82, 2.24) is 8.61 Å². The maximum atomic E-state index is 13.1. The molecule has 1 aromatic heterocycles. The van der Waals surface area contributed by atoms with Gasteiger partial charge in [-0.15, -0.1) is 11.3 Å². The largest absolute Gasteiger partial charge is 0.373 e. The number of morpholine rings is 1. The van der Waals surface area contributed by atoms with Crippen molar-refractivity contribution in [2.75, 3.05) is 19.6 Å². The van der Waals surface area contributed by atoms with Crippen molar-refractivity contribution in [2.24, 2.45) is 0 Å². The van der Waals surface area contributed by atoms with Crippen LogP contribution in [-0.2, 0) is 21.4 Å². The summed E-state index contributed by atoms with van der Waals surface area (Å²) in [4.78, 5) is 1.34. The molecule has 124 valence electrons. The number of hydrogen-bond acceptors (Lipinski definition) is 4. The third-order valence-electron chi connectivity index (χ3n) is 4.44. The van der Waals surface area contributed by atoms with E-state index >= 15 is 0 Å². The van der Waals surface area contributed by atoms with E-state index in [-0.39, 0.29) is 18.2 Å². The van der Waals surface area contributed by atoms with Crippen LogP contribution in [0, 0.1) is 0 Å². The molecule has 0 amide bonds. The number of fused-ring (bicyclic) bond motifs is 1. The van der Waals surface area contributed by atoms with Crippen molar-refractivity contribution in [1.29, 1.82) is 0 Å². The first-order chi connectivity index (χ1) is 10.4. The highest BCUT2D eigenvalue weighted by Gasteiger charge is 2.40. The van der Waals surface area contributed by atoms with Crippen LogP contribution in [0.4, 0.5) is 0 Å². The summed E-state index contributed by atoms with van der Waals surface area (Å²) in [6, 6.07) is 2.05. The van der Waals surface area contributed by atoms with Gasteiger partial charge in [0.2, 0.25) is 0 Å². The Morgan fingerprint density at radius 3 is 2.64 bits per heavy atom. The van der Waals surface area contributed by atoms with Gasteiger partial charge in [0.05, 0.1) is 18.2 Å². The van der Waals surface area contributed by atoms with Gasteiger partial charge >= 0.3 is 0 Å². The fourth-order valence-electron chi connectivity index (χ4n) is 3.54. The van der Waals surface area contributed by atoms with E-state index in [1.54, 1.807) is 19.9 Å². The molecule has 2 aliphatic heterocycles. The zero-order valence-corrected chi connectivity index (χ0v) is 15.0. The van der Waals surface area contributed by atoms with Gasteiger partial charge in [0.1, 0.15) is 0 Å². The number of rotatable bonds is 3.